The van der Waals surface area contributed by atoms with Crippen molar-refractivity contribution in [1.29, 1.82) is 0 Å². The average molecular weight is 523 g/mol. The van der Waals surface area contributed by atoms with Crippen LogP contribution in [0.1, 0.15) is 18.3 Å². The minimum atomic E-state index is -0.187. The molecule has 7 nitrogen and oxygen atoms in total. The van der Waals surface area contributed by atoms with Gasteiger partial charge >= 0.3 is 0 Å². The maximum absolute atomic E-state index is 12.5. The summed E-state index contributed by atoms with van der Waals surface area (Å²) in [5.74, 6) is 0.350. The minimum Gasteiger partial charge on any atom is -0.325 e. The SMILES string of the molecule is CCn1c(CC(=O)Nc2ccccc2C)nnc1SCC(=O)Nc1ccc(Br)c(Cl)c1. The Bertz CT molecular complexity index is 1110. The van der Waals surface area contributed by atoms with Crippen LogP contribution in [0.4, 0.5) is 11.4 Å². The molecule has 31 heavy (non-hydrogen) atoms. The van der Waals surface area contributed by atoms with E-state index in [1.807, 2.05) is 42.7 Å². The number of anilines is 2. The lowest BCUT2D eigenvalue weighted by Crippen LogP contribution is -2.18. The quantitative estimate of drug-likeness (QED) is 0.409. The molecule has 0 unspecified atom stereocenters. The highest BCUT2D eigenvalue weighted by atomic mass is 79.9. The largest absolute Gasteiger partial charge is 0.325 e. The molecule has 2 N–H and O–H groups in total. The molecule has 0 aliphatic rings. The van der Waals surface area contributed by atoms with Crippen LogP contribution in [-0.4, -0.2) is 32.3 Å². The highest BCUT2D eigenvalue weighted by molar-refractivity contribution is 9.10. The van der Waals surface area contributed by atoms with E-state index >= 15 is 0 Å². The van der Waals surface area contributed by atoms with Crippen LogP contribution in [-0.2, 0) is 22.6 Å². The van der Waals surface area contributed by atoms with E-state index in [-0.39, 0.29) is 24.0 Å². The number of carbonyl (C=O) groups is 2. The number of rotatable bonds is 8. The first-order chi connectivity index (χ1) is 14.9. The average Bonchev–Trinajstić information content (AvgIpc) is 3.12. The van der Waals surface area contributed by atoms with Gasteiger partial charge in [-0.3, -0.25) is 9.59 Å². The molecule has 0 spiro atoms. The summed E-state index contributed by atoms with van der Waals surface area (Å²) in [6, 6.07) is 12.8. The van der Waals surface area contributed by atoms with Gasteiger partial charge in [-0.2, -0.15) is 0 Å². The molecule has 0 bridgehead atoms. The maximum Gasteiger partial charge on any atom is 0.234 e. The second kappa shape index (κ2) is 10.8. The molecule has 2 aromatic carbocycles. The summed E-state index contributed by atoms with van der Waals surface area (Å²) in [4.78, 5) is 24.7. The van der Waals surface area contributed by atoms with Crippen LogP contribution in [0.25, 0.3) is 0 Å². The molecular weight excluding hydrogens is 502 g/mol. The van der Waals surface area contributed by atoms with Gasteiger partial charge in [0.1, 0.15) is 5.82 Å². The monoisotopic (exact) mass is 521 g/mol. The van der Waals surface area contributed by atoms with Crippen LogP contribution in [0.15, 0.2) is 52.1 Å². The third-order valence-corrected chi connectivity index (χ3v) is 6.58. The summed E-state index contributed by atoms with van der Waals surface area (Å²) in [5.41, 5.74) is 2.38. The second-order valence-corrected chi connectivity index (χ2v) is 8.85. The Morgan fingerprint density at radius 2 is 1.90 bits per heavy atom. The fourth-order valence-corrected chi connectivity index (χ4v) is 4.07. The van der Waals surface area contributed by atoms with Gasteiger partial charge in [0.05, 0.1) is 17.2 Å². The highest BCUT2D eigenvalue weighted by Gasteiger charge is 2.16. The number of hydrogen-bond acceptors (Lipinski definition) is 5. The predicted molar refractivity (Wildman–Crippen MR) is 128 cm³/mol. The summed E-state index contributed by atoms with van der Waals surface area (Å²) < 4.78 is 2.60. The number of nitrogens with one attached hydrogen (secondary N) is 2. The lowest BCUT2D eigenvalue weighted by molar-refractivity contribution is -0.116. The summed E-state index contributed by atoms with van der Waals surface area (Å²) in [6.45, 7) is 4.47. The van der Waals surface area contributed by atoms with Gasteiger partial charge in [0.25, 0.3) is 0 Å². The Morgan fingerprint density at radius 3 is 2.61 bits per heavy atom. The zero-order valence-corrected chi connectivity index (χ0v) is 20.1. The van der Waals surface area contributed by atoms with Crippen LogP contribution in [0.5, 0.6) is 0 Å². The number of benzene rings is 2. The molecule has 0 aliphatic carbocycles. The Morgan fingerprint density at radius 1 is 1.13 bits per heavy atom. The van der Waals surface area contributed by atoms with Crippen molar-refractivity contribution in [3.8, 4) is 0 Å². The number of carbonyl (C=O) groups excluding carboxylic acids is 2. The zero-order valence-electron chi connectivity index (χ0n) is 17.0. The molecule has 3 rings (SSSR count). The lowest BCUT2D eigenvalue weighted by atomic mass is 10.2. The summed E-state index contributed by atoms with van der Waals surface area (Å²) in [6.07, 6.45) is 0.0966. The standard InChI is InChI=1S/C21H21BrClN5O2S/c1-3-28-18(11-19(29)25-17-7-5-4-6-13(17)2)26-27-21(28)31-12-20(30)24-14-8-9-15(22)16(23)10-14/h4-10H,3,11-12H2,1-2H3,(H,24,30)(H,25,29). The van der Waals surface area contributed by atoms with E-state index in [1.165, 1.54) is 11.8 Å². The van der Waals surface area contributed by atoms with Crippen molar-refractivity contribution >= 4 is 62.5 Å². The van der Waals surface area contributed by atoms with Gasteiger partial charge in [-0.25, -0.2) is 0 Å². The second-order valence-electron chi connectivity index (χ2n) is 6.65. The summed E-state index contributed by atoms with van der Waals surface area (Å²) in [5, 5.41) is 15.1. The number of aromatic nitrogens is 3. The molecule has 0 radical (unpaired) electrons. The number of amides is 2. The van der Waals surface area contributed by atoms with Crippen molar-refractivity contribution in [2.45, 2.75) is 32.0 Å². The van der Waals surface area contributed by atoms with Gasteiger partial charge < -0.3 is 15.2 Å². The number of para-hydroxylation sites is 1. The van der Waals surface area contributed by atoms with Gasteiger partial charge in [0.15, 0.2) is 5.16 Å². The first-order valence-corrected chi connectivity index (χ1v) is 11.7. The molecule has 10 heteroatoms. The molecule has 1 aromatic heterocycles. The molecule has 0 atom stereocenters. The van der Waals surface area contributed by atoms with Crippen molar-refractivity contribution < 1.29 is 9.59 Å². The van der Waals surface area contributed by atoms with E-state index < -0.39 is 0 Å². The molecular formula is C21H21BrClN5O2S. The van der Waals surface area contributed by atoms with Crippen LogP contribution < -0.4 is 10.6 Å². The number of hydrogen-bond donors (Lipinski definition) is 2. The van der Waals surface area contributed by atoms with E-state index in [2.05, 4.69) is 36.8 Å². The summed E-state index contributed by atoms with van der Waals surface area (Å²) in [7, 11) is 0. The van der Waals surface area contributed by atoms with Crippen LogP contribution in [0, 0.1) is 6.92 Å². The van der Waals surface area contributed by atoms with Gasteiger partial charge in [-0.15, -0.1) is 10.2 Å². The van der Waals surface area contributed by atoms with Crippen LogP contribution in [0.2, 0.25) is 5.02 Å². The predicted octanol–water partition coefficient (Wildman–Crippen LogP) is 4.93. The first-order valence-electron chi connectivity index (χ1n) is 9.52. The van der Waals surface area contributed by atoms with Gasteiger partial charge in [0, 0.05) is 22.4 Å². The molecule has 162 valence electrons. The first kappa shape index (κ1) is 23.3. The molecule has 0 saturated carbocycles. The molecule has 0 saturated heterocycles. The Hall–Kier alpha value is -2.36. The number of aryl methyl sites for hydroxylation is 1. The number of halogens is 2. The smallest absolute Gasteiger partial charge is 0.234 e. The summed E-state index contributed by atoms with van der Waals surface area (Å²) >= 11 is 10.6. The fourth-order valence-electron chi connectivity index (χ4n) is 2.83. The van der Waals surface area contributed by atoms with Crippen LogP contribution in [0.3, 0.4) is 0 Å². The Balaban J connectivity index is 1.59. The third-order valence-electron chi connectivity index (χ3n) is 4.38. The minimum absolute atomic E-state index is 0.0966. The van der Waals surface area contributed by atoms with E-state index in [4.69, 9.17) is 11.6 Å². The molecule has 3 aromatic rings. The van der Waals surface area contributed by atoms with E-state index in [9.17, 15) is 9.59 Å². The Labute approximate surface area is 198 Å². The van der Waals surface area contributed by atoms with Crippen molar-refractivity contribution in [1.82, 2.24) is 14.8 Å². The van der Waals surface area contributed by atoms with Crippen molar-refractivity contribution in [2.75, 3.05) is 16.4 Å². The van der Waals surface area contributed by atoms with Crippen molar-refractivity contribution in [3.63, 3.8) is 0 Å². The van der Waals surface area contributed by atoms with Gasteiger partial charge in [-0.1, -0.05) is 41.6 Å². The zero-order chi connectivity index (χ0) is 22.4. The Kier molecular flexibility index (Phi) is 8.11. The van der Waals surface area contributed by atoms with Crippen molar-refractivity contribution in [3.05, 3.63) is 63.3 Å². The normalized spacial score (nSPS) is 10.7. The highest BCUT2D eigenvalue weighted by Crippen LogP contribution is 2.26. The lowest BCUT2D eigenvalue weighted by Gasteiger charge is -2.10. The topological polar surface area (TPSA) is 88.9 Å². The van der Waals surface area contributed by atoms with E-state index in [1.54, 1.807) is 18.2 Å². The fraction of sp³-hybridized carbons (Fsp3) is 0.238. The molecule has 2 amide bonds. The van der Waals surface area contributed by atoms with Crippen molar-refractivity contribution in [2.24, 2.45) is 0 Å². The maximum atomic E-state index is 12.5. The van der Waals surface area contributed by atoms with Gasteiger partial charge in [-0.05, 0) is 59.6 Å². The van der Waals surface area contributed by atoms with Crippen LogP contribution >= 0.6 is 39.3 Å². The molecule has 0 aliphatic heterocycles. The molecule has 1 heterocycles. The van der Waals surface area contributed by atoms with Gasteiger partial charge in [0.2, 0.25) is 11.8 Å². The molecule has 0 fully saturated rings. The number of nitrogens with zero attached hydrogens (tertiary/aromatic N) is 3. The van der Waals surface area contributed by atoms with E-state index in [0.717, 1.165) is 15.7 Å². The number of thioether (sulfide) groups is 1. The van der Waals surface area contributed by atoms with E-state index in [0.29, 0.717) is 28.2 Å². The third kappa shape index (κ3) is 6.32.